The summed E-state index contributed by atoms with van der Waals surface area (Å²) >= 11 is 33.7. The van der Waals surface area contributed by atoms with Crippen LogP contribution in [-0.4, -0.2) is 139 Å². The highest BCUT2D eigenvalue weighted by Crippen LogP contribution is 2.35. The van der Waals surface area contributed by atoms with Gasteiger partial charge < -0.3 is 28.7 Å². The summed E-state index contributed by atoms with van der Waals surface area (Å²) in [6.45, 7) is 11.6. The number of hydrogen-bond donors (Lipinski definition) is 0. The standard InChI is InChI=1S/C19H17ClN4O.C19H16ClN3O2.C19H17N3O2.C17H15ClN4OS.C17H12ClN3O2.C16H12ClN3O2S/c1-13-4-3-5-16(23-13)9-19(25)14-6-15(20)8-17(7-14)24(2)18-10-21-12-22-11-18;1-2-15-4-3-5-16(23-15)9-19(24)13-6-14(20)8-17(7-13)25-18-10-21-12-22-11-18;1-13-3-4-16(22-9-13)8-19(23)15-5-14(2)6-17(7-15)24-18-10-20-12-21-11-18;1-11-9-24-17(21-11)6-16(23)12-3-13(18)5-14(4-12)22(2)15-7-19-10-20-8-15;18-13-5-12(17(22)8-14-3-1-2-4-21-14)6-15(7-13)23-16-9-19-11-20-10-16;1-10-8-23-16(20-10)5-15(21)11-2-12(17)4-13(3-11)22-14-6-18-9-19-7-14/h3-8,10-12H,9H2,1-2H3;3-8,10-12H,2,9H2,1H3;3-7,9-12H,8H2,1-2H3;3-5,7-10H,6H2,1-2H3;1-7,9-11H,8H2;2-4,6-9H,5H2,1H3. The highest BCUT2D eigenvalue weighted by molar-refractivity contribution is 7.10. The molecule has 12 aromatic heterocycles. The number of rotatable bonds is 31. The molecule has 144 heavy (non-hydrogen) atoms. The minimum atomic E-state index is -0.0830. The van der Waals surface area contributed by atoms with Gasteiger partial charge in [0.05, 0.1) is 124 Å². The van der Waals surface area contributed by atoms with Gasteiger partial charge in [0.2, 0.25) is 0 Å². The molecule has 0 N–H and O–H groups in total. The second-order valence-corrected chi connectivity index (χ2v) is 35.8. The molecule has 0 radical (unpaired) electrons. The van der Waals surface area contributed by atoms with E-state index < -0.39 is 0 Å². The summed E-state index contributed by atoms with van der Waals surface area (Å²) in [6.07, 6.45) is 33.5. The van der Waals surface area contributed by atoms with E-state index in [0.29, 0.717) is 110 Å². The molecule has 37 heteroatoms. The molecule has 0 aliphatic rings. The largest absolute Gasteiger partial charge is 0.454 e. The number of benzene rings is 6. The molecule has 0 fully saturated rings. The molecule has 30 nitrogen and oxygen atoms in total. The smallest absolute Gasteiger partial charge is 0.169 e. The van der Waals surface area contributed by atoms with Crippen molar-refractivity contribution in [2.45, 2.75) is 86.5 Å². The van der Waals surface area contributed by atoms with Crippen LogP contribution in [0.2, 0.25) is 25.1 Å². The van der Waals surface area contributed by atoms with Crippen LogP contribution in [0.25, 0.3) is 0 Å². The third-order valence-corrected chi connectivity index (χ3v) is 23.3. The molecule has 0 amide bonds. The molecule has 0 saturated heterocycles. The lowest BCUT2D eigenvalue weighted by Gasteiger charge is -2.19. The van der Waals surface area contributed by atoms with Crippen LogP contribution in [0.4, 0.5) is 22.7 Å². The third-order valence-electron chi connectivity index (χ3n) is 20.3. The van der Waals surface area contributed by atoms with Gasteiger partial charge >= 0.3 is 0 Å². The second-order valence-electron chi connectivity index (χ2n) is 31.7. The predicted molar refractivity (Wildman–Crippen MR) is 555 cm³/mol. The Hall–Kier alpha value is -16.1. The fourth-order valence-electron chi connectivity index (χ4n) is 13.4. The minimum Gasteiger partial charge on any atom is -0.454 e. The van der Waals surface area contributed by atoms with Crippen molar-refractivity contribution in [2.75, 3.05) is 23.9 Å². The van der Waals surface area contributed by atoms with Gasteiger partial charge in [-0.15, -0.1) is 22.7 Å². The zero-order chi connectivity index (χ0) is 102. The van der Waals surface area contributed by atoms with Gasteiger partial charge in [0.25, 0.3) is 0 Å². The first-order chi connectivity index (χ1) is 69.6. The number of ketones is 6. The third kappa shape index (κ3) is 33.6. The van der Waals surface area contributed by atoms with Crippen molar-refractivity contribution < 1.29 is 47.7 Å². The average Bonchev–Trinajstić information content (AvgIpc) is 1.33. The number of anilines is 4. The van der Waals surface area contributed by atoms with Gasteiger partial charge in [0.15, 0.2) is 57.7 Å². The molecule has 0 aliphatic carbocycles. The normalized spacial score (nSPS) is 10.5. The Kier molecular flexibility index (Phi) is 38.7. The van der Waals surface area contributed by atoms with E-state index in [4.69, 9.17) is 77.0 Å². The van der Waals surface area contributed by atoms with E-state index in [2.05, 4.69) is 89.7 Å². The van der Waals surface area contributed by atoms with Gasteiger partial charge in [-0.25, -0.2) is 69.8 Å². The quantitative estimate of drug-likeness (QED) is 0.0364. The van der Waals surface area contributed by atoms with Gasteiger partial charge in [0, 0.05) is 153 Å². The monoisotopic (exact) mass is 2050 g/mol. The lowest BCUT2D eigenvalue weighted by Crippen LogP contribution is -2.12. The van der Waals surface area contributed by atoms with Crippen LogP contribution in [0.5, 0.6) is 46.0 Å². The van der Waals surface area contributed by atoms with Crippen molar-refractivity contribution in [3.8, 4) is 46.0 Å². The Labute approximate surface area is 862 Å². The molecule has 18 aromatic rings. The first kappa shape index (κ1) is 105. The molecule has 724 valence electrons. The number of pyridine rings is 4. The summed E-state index contributed by atoms with van der Waals surface area (Å²) in [6, 6.07) is 51.4. The van der Waals surface area contributed by atoms with E-state index in [1.54, 1.807) is 147 Å². The highest BCUT2D eigenvalue weighted by Gasteiger charge is 2.21. The Morgan fingerprint density at radius 1 is 0.278 bits per heavy atom. The number of Topliss-reactive ketones (excluding diaryl/α,β-unsaturated/α-hetero) is 6. The number of hydrogen-bond acceptors (Lipinski definition) is 32. The summed E-state index contributed by atoms with van der Waals surface area (Å²) < 4.78 is 22.6. The Morgan fingerprint density at radius 2 is 0.604 bits per heavy atom. The zero-order valence-corrected chi connectivity index (χ0v) is 84.0. The van der Waals surface area contributed by atoms with Crippen molar-refractivity contribution in [1.29, 1.82) is 0 Å². The fourth-order valence-corrected chi connectivity index (χ4v) is 16.1. The average molecular weight is 2060 g/mol. The van der Waals surface area contributed by atoms with E-state index in [-0.39, 0.29) is 73.2 Å². The van der Waals surface area contributed by atoms with Gasteiger partial charge in [-0.05, 0) is 204 Å². The number of carbonyl (C=O) groups excluding carboxylic acids is 6. The molecule has 0 saturated carbocycles. The second kappa shape index (κ2) is 53.0. The van der Waals surface area contributed by atoms with E-state index in [0.717, 1.165) is 90.2 Å². The number of aromatic nitrogens is 18. The Balaban J connectivity index is 0.000000145. The molecular weight excluding hydrogens is 1970 g/mol. The lowest BCUT2D eigenvalue weighted by molar-refractivity contribution is 0.0983. The SMILES string of the molecule is CCc1cccc(CC(=O)c2cc(Cl)cc(Oc3cncnc3)c2)n1.Cc1ccc(CC(=O)c2cc(C)cc(Oc3cncnc3)c2)nc1.Cc1cccc(CC(=O)c2cc(Cl)cc(N(C)c3cncnc3)c2)n1.Cc1csc(CC(=O)c2cc(Cl)cc(N(C)c3cncnc3)c2)n1.Cc1csc(CC(=O)c2cc(Cl)cc(Oc3cncnc3)c2)n1.O=C(Cc1ccccn1)c1cc(Cl)cc(Oc2cncnc2)c1. The van der Waals surface area contributed by atoms with Gasteiger partial charge in [-0.1, -0.05) is 89.2 Å². The highest BCUT2D eigenvalue weighted by atomic mass is 35.5. The van der Waals surface area contributed by atoms with Gasteiger partial charge in [0.1, 0.15) is 71.0 Å². The molecule has 0 aliphatic heterocycles. The molecule has 12 heterocycles. The maximum atomic E-state index is 12.6. The van der Waals surface area contributed by atoms with Crippen LogP contribution in [-0.2, 0) is 44.9 Å². The molecule has 6 aromatic carbocycles. The maximum Gasteiger partial charge on any atom is 0.169 e. The van der Waals surface area contributed by atoms with E-state index in [1.165, 1.54) is 97.8 Å². The molecular formula is C107H89Cl5N20O10S2. The number of thiazole rings is 2. The first-order valence-corrected chi connectivity index (χ1v) is 47.8. The van der Waals surface area contributed by atoms with Crippen LogP contribution in [0.15, 0.2) is 311 Å². The fraction of sp³-hybridized carbons (Fsp3) is 0.140. The summed E-state index contributed by atoms with van der Waals surface area (Å²) in [4.78, 5) is 152. The number of ether oxygens (including phenoxy) is 4. The minimum absolute atomic E-state index is 0.00390. The topological polar surface area (TPSA) is 378 Å². The van der Waals surface area contributed by atoms with Crippen molar-refractivity contribution in [1.82, 2.24) is 89.7 Å². The first-order valence-electron chi connectivity index (χ1n) is 44.1. The van der Waals surface area contributed by atoms with Crippen LogP contribution in [0, 0.1) is 34.6 Å². The van der Waals surface area contributed by atoms with Crippen molar-refractivity contribution in [3.05, 3.63) is 437 Å². The Morgan fingerprint density at radius 3 is 0.958 bits per heavy atom. The summed E-state index contributed by atoms with van der Waals surface area (Å²) in [5, 5.41) is 7.74. The number of halogens is 5. The van der Waals surface area contributed by atoms with Crippen LogP contribution in [0.1, 0.15) is 136 Å². The van der Waals surface area contributed by atoms with Crippen molar-refractivity contribution >= 4 is 138 Å². The molecule has 0 spiro atoms. The van der Waals surface area contributed by atoms with E-state index in [9.17, 15) is 28.8 Å². The van der Waals surface area contributed by atoms with Gasteiger partial charge in [-0.3, -0.25) is 48.7 Å². The number of nitrogens with zero attached hydrogens (tertiary/aromatic N) is 20. The predicted octanol–water partition coefficient (Wildman–Crippen LogP) is 24.0. The number of aryl methyl sites for hydroxylation is 6. The van der Waals surface area contributed by atoms with Crippen molar-refractivity contribution in [3.63, 3.8) is 0 Å². The zero-order valence-electron chi connectivity index (χ0n) is 78.6. The molecule has 18 rings (SSSR count). The van der Waals surface area contributed by atoms with Gasteiger partial charge in [-0.2, -0.15) is 0 Å². The number of carbonyl (C=O) groups is 6. The van der Waals surface area contributed by atoms with Crippen LogP contribution in [0.3, 0.4) is 0 Å². The molecule has 0 unspecified atom stereocenters. The van der Waals surface area contributed by atoms with E-state index in [1.807, 2.05) is 155 Å². The lowest BCUT2D eigenvalue weighted by atomic mass is 10.0. The summed E-state index contributed by atoms with van der Waals surface area (Å²) in [7, 11) is 3.75. The van der Waals surface area contributed by atoms with Crippen molar-refractivity contribution in [2.24, 2.45) is 0 Å². The van der Waals surface area contributed by atoms with Crippen LogP contribution < -0.4 is 28.7 Å². The molecule has 0 bridgehead atoms. The molecule has 0 atom stereocenters. The van der Waals surface area contributed by atoms with E-state index >= 15 is 0 Å². The Bertz CT molecular complexity index is 7400. The summed E-state index contributed by atoms with van der Waals surface area (Å²) in [5.74, 6) is 3.67. The summed E-state index contributed by atoms with van der Waals surface area (Å²) in [5.41, 5.74) is 15.0. The van der Waals surface area contributed by atoms with Crippen LogP contribution >= 0.6 is 80.7 Å². The maximum absolute atomic E-state index is 12.6.